The van der Waals surface area contributed by atoms with E-state index in [2.05, 4.69) is 10.6 Å². The van der Waals surface area contributed by atoms with Crippen LogP contribution in [-0.4, -0.2) is 53.8 Å². The van der Waals surface area contributed by atoms with E-state index >= 15 is 0 Å². The lowest BCUT2D eigenvalue weighted by Crippen LogP contribution is -2.48. The van der Waals surface area contributed by atoms with Gasteiger partial charge in [0.2, 0.25) is 0 Å². The molecule has 2 atom stereocenters. The van der Waals surface area contributed by atoms with E-state index in [4.69, 9.17) is 4.74 Å². The number of hydrogen-bond donors (Lipinski definition) is 2. The number of benzene rings is 1. The monoisotopic (exact) mass is 401 g/mol. The highest BCUT2D eigenvalue weighted by atomic mass is 16.5. The van der Waals surface area contributed by atoms with E-state index in [9.17, 15) is 24.0 Å². The Balaban J connectivity index is 1.42. The molecule has 29 heavy (non-hydrogen) atoms. The van der Waals surface area contributed by atoms with Gasteiger partial charge in [-0.2, -0.15) is 0 Å². The Morgan fingerprint density at radius 1 is 1.07 bits per heavy atom. The molecule has 1 aliphatic heterocycles. The lowest BCUT2D eigenvalue weighted by atomic mass is 9.86. The average Bonchev–Trinajstić information content (AvgIpc) is 2.93. The lowest BCUT2D eigenvalue weighted by molar-refractivity contribution is -0.148. The number of amides is 5. The van der Waals surface area contributed by atoms with Crippen molar-refractivity contribution in [2.75, 3.05) is 13.2 Å². The maximum Gasteiger partial charge on any atom is 0.326 e. The van der Waals surface area contributed by atoms with E-state index < -0.39 is 42.9 Å². The fourth-order valence-electron chi connectivity index (χ4n) is 3.60. The summed E-state index contributed by atoms with van der Waals surface area (Å²) in [5.41, 5.74) is 0.438. The largest absolute Gasteiger partial charge is 0.454 e. The van der Waals surface area contributed by atoms with Gasteiger partial charge in [0, 0.05) is 6.04 Å². The zero-order valence-electron chi connectivity index (χ0n) is 16.1. The number of ether oxygens (including phenoxy) is 1. The number of nitrogens with zero attached hydrogens (tertiary/aromatic N) is 1. The molecule has 5 amide bonds. The number of esters is 1. The van der Waals surface area contributed by atoms with Crippen molar-refractivity contribution >= 4 is 29.7 Å². The summed E-state index contributed by atoms with van der Waals surface area (Å²) in [6.45, 7) is 0.758. The third-order valence-electron chi connectivity index (χ3n) is 5.21. The van der Waals surface area contributed by atoms with E-state index in [1.807, 2.05) is 6.92 Å². The number of rotatable bonds is 5. The SMILES string of the molecule is C[C@H]1CCCC[C@H]1NC(=O)NC(=O)COC(=O)CN1C(=O)c2ccccc2C1=O. The first kappa shape index (κ1) is 20.5. The molecular weight excluding hydrogens is 378 g/mol. The molecule has 1 aromatic carbocycles. The molecule has 9 nitrogen and oxygen atoms in total. The molecule has 3 rings (SSSR count). The molecule has 154 valence electrons. The Labute approximate surface area is 167 Å². The Kier molecular flexibility index (Phi) is 6.26. The van der Waals surface area contributed by atoms with Gasteiger partial charge in [-0.05, 0) is 30.9 Å². The van der Waals surface area contributed by atoms with Gasteiger partial charge in [-0.3, -0.25) is 29.4 Å². The molecule has 0 radical (unpaired) electrons. The smallest absolute Gasteiger partial charge is 0.326 e. The van der Waals surface area contributed by atoms with Gasteiger partial charge >= 0.3 is 12.0 Å². The predicted molar refractivity (Wildman–Crippen MR) is 101 cm³/mol. The zero-order chi connectivity index (χ0) is 21.0. The summed E-state index contributed by atoms with van der Waals surface area (Å²) >= 11 is 0. The molecule has 0 spiro atoms. The van der Waals surface area contributed by atoms with Gasteiger partial charge < -0.3 is 10.1 Å². The van der Waals surface area contributed by atoms with Crippen molar-refractivity contribution in [2.45, 2.75) is 38.6 Å². The van der Waals surface area contributed by atoms with Gasteiger partial charge in [0.1, 0.15) is 6.54 Å². The fourth-order valence-corrected chi connectivity index (χ4v) is 3.60. The molecule has 1 saturated carbocycles. The van der Waals surface area contributed by atoms with E-state index in [-0.39, 0.29) is 17.2 Å². The van der Waals surface area contributed by atoms with Crippen molar-refractivity contribution in [3.63, 3.8) is 0 Å². The van der Waals surface area contributed by atoms with Crippen LogP contribution in [0, 0.1) is 5.92 Å². The van der Waals surface area contributed by atoms with Crippen molar-refractivity contribution in [3.05, 3.63) is 35.4 Å². The van der Waals surface area contributed by atoms with Crippen molar-refractivity contribution in [1.29, 1.82) is 0 Å². The summed E-state index contributed by atoms with van der Waals surface area (Å²) in [5, 5.41) is 4.87. The molecule has 1 heterocycles. The Morgan fingerprint density at radius 3 is 2.31 bits per heavy atom. The highest BCUT2D eigenvalue weighted by molar-refractivity contribution is 6.22. The highest BCUT2D eigenvalue weighted by Crippen LogP contribution is 2.23. The summed E-state index contributed by atoms with van der Waals surface area (Å²) in [6, 6.07) is 5.61. The van der Waals surface area contributed by atoms with E-state index in [1.165, 1.54) is 12.1 Å². The first-order valence-electron chi connectivity index (χ1n) is 9.58. The van der Waals surface area contributed by atoms with E-state index in [0.717, 1.165) is 30.6 Å². The van der Waals surface area contributed by atoms with Gasteiger partial charge in [0.25, 0.3) is 17.7 Å². The fraction of sp³-hybridized carbons (Fsp3) is 0.450. The molecule has 1 aliphatic carbocycles. The second-order valence-electron chi connectivity index (χ2n) is 7.29. The standard InChI is InChI=1S/C20H23N3O6/c1-12-6-2-5-9-15(12)21-20(28)22-16(24)11-29-17(25)10-23-18(26)13-7-3-4-8-14(13)19(23)27/h3-4,7-8,12,15H,2,5-6,9-11H2,1H3,(H2,21,22,24,28)/t12-,15+/m0/s1. The Bertz CT molecular complexity index is 817. The van der Waals surface area contributed by atoms with E-state index in [1.54, 1.807) is 12.1 Å². The molecule has 1 fully saturated rings. The predicted octanol–water partition coefficient (Wildman–Crippen LogP) is 1.23. The van der Waals surface area contributed by atoms with Gasteiger partial charge in [0.15, 0.2) is 6.61 Å². The molecule has 9 heteroatoms. The summed E-state index contributed by atoms with van der Waals surface area (Å²) in [5.74, 6) is -2.55. The van der Waals surface area contributed by atoms with Crippen LogP contribution in [0.4, 0.5) is 4.79 Å². The molecule has 0 aromatic heterocycles. The van der Waals surface area contributed by atoms with Crippen molar-refractivity contribution in [3.8, 4) is 0 Å². The maximum atomic E-state index is 12.2. The molecule has 0 saturated heterocycles. The van der Waals surface area contributed by atoms with Crippen molar-refractivity contribution < 1.29 is 28.7 Å². The van der Waals surface area contributed by atoms with Crippen molar-refractivity contribution in [1.82, 2.24) is 15.5 Å². The maximum absolute atomic E-state index is 12.2. The quantitative estimate of drug-likeness (QED) is 0.565. The van der Waals surface area contributed by atoms with Crippen molar-refractivity contribution in [2.24, 2.45) is 5.92 Å². The Morgan fingerprint density at radius 2 is 1.69 bits per heavy atom. The normalized spacial score (nSPS) is 20.8. The second-order valence-corrected chi connectivity index (χ2v) is 7.29. The minimum Gasteiger partial charge on any atom is -0.454 e. The number of nitrogens with one attached hydrogen (secondary N) is 2. The van der Waals surface area contributed by atoms with Crippen LogP contribution < -0.4 is 10.6 Å². The molecule has 1 aromatic rings. The minimum atomic E-state index is -0.920. The van der Waals surface area contributed by atoms with Crippen LogP contribution in [0.5, 0.6) is 0 Å². The molecule has 2 aliphatic rings. The second kappa shape index (κ2) is 8.85. The van der Waals surface area contributed by atoms with Crippen LogP contribution in [0.15, 0.2) is 24.3 Å². The molecule has 2 N–H and O–H groups in total. The first-order valence-corrected chi connectivity index (χ1v) is 9.58. The average molecular weight is 401 g/mol. The summed E-state index contributed by atoms with van der Waals surface area (Å²) in [4.78, 5) is 60.9. The van der Waals surface area contributed by atoms with Crippen LogP contribution in [0.2, 0.25) is 0 Å². The van der Waals surface area contributed by atoms with Gasteiger partial charge in [-0.25, -0.2) is 4.79 Å². The number of hydrogen-bond acceptors (Lipinski definition) is 6. The topological polar surface area (TPSA) is 122 Å². The summed E-state index contributed by atoms with van der Waals surface area (Å²) < 4.78 is 4.80. The van der Waals surface area contributed by atoms with Gasteiger partial charge in [-0.1, -0.05) is 31.9 Å². The lowest BCUT2D eigenvalue weighted by Gasteiger charge is -2.29. The van der Waals surface area contributed by atoms with Crippen LogP contribution in [0.25, 0.3) is 0 Å². The zero-order valence-corrected chi connectivity index (χ0v) is 16.1. The third-order valence-corrected chi connectivity index (χ3v) is 5.21. The van der Waals surface area contributed by atoms with Crippen LogP contribution in [0.3, 0.4) is 0 Å². The number of imide groups is 2. The number of carbonyl (C=O) groups excluding carboxylic acids is 5. The summed E-state index contributed by atoms with van der Waals surface area (Å²) in [7, 11) is 0. The van der Waals surface area contributed by atoms with Crippen LogP contribution >= 0.6 is 0 Å². The first-order chi connectivity index (χ1) is 13.9. The molecular formula is C20H23N3O6. The van der Waals surface area contributed by atoms with Gasteiger partial charge in [-0.15, -0.1) is 0 Å². The van der Waals surface area contributed by atoms with Crippen LogP contribution in [0.1, 0.15) is 53.3 Å². The van der Waals surface area contributed by atoms with E-state index in [0.29, 0.717) is 5.92 Å². The number of fused-ring (bicyclic) bond motifs is 1. The molecule has 0 bridgehead atoms. The summed E-state index contributed by atoms with van der Waals surface area (Å²) in [6.07, 6.45) is 4.04. The molecule has 0 unspecified atom stereocenters. The van der Waals surface area contributed by atoms with Crippen LogP contribution in [-0.2, 0) is 14.3 Å². The Hall–Kier alpha value is -3.23. The third kappa shape index (κ3) is 4.79. The number of carbonyl (C=O) groups is 5. The minimum absolute atomic E-state index is 0.00734. The van der Waals surface area contributed by atoms with Gasteiger partial charge in [0.05, 0.1) is 11.1 Å². The number of urea groups is 1. The highest BCUT2D eigenvalue weighted by Gasteiger charge is 2.36.